The summed E-state index contributed by atoms with van der Waals surface area (Å²) in [5, 5.41) is 12.0. The fourth-order valence-corrected chi connectivity index (χ4v) is 1.90. The summed E-state index contributed by atoms with van der Waals surface area (Å²) in [6, 6.07) is 2.17. The van der Waals surface area contributed by atoms with E-state index in [2.05, 4.69) is 11.4 Å². The Morgan fingerprint density at radius 2 is 2.37 bits per heavy atom. The first-order valence-corrected chi connectivity index (χ1v) is 6.67. The van der Waals surface area contributed by atoms with Crippen LogP contribution in [-0.4, -0.2) is 55.2 Å². The highest BCUT2D eigenvalue weighted by atomic mass is 16.5. The summed E-state index contributed by atoms with van der Waals surface area (Å²) < 4.78 is 5.45. The van der Waals surface area contributed by atoms with E-state index in [4.69, 9.17) is 10.5 Å². The first-order chi connectivity index (χ1) is 8.91. The Morgan fingerprint density at radius 3 is 2.89 bits per heavy atom. The summed E-state index contributed by atoms with van der Waals surface area (Å²) in [6.07, 6.45) is -0.00556. The molecular weight excluding hydrogens is 244 g/mol. The number of morpholine rings is 1. The van der Waals surface area contributed by atoms with Gasteiger partial charge in [0.25, 0.3) is 0 Å². The first-order valence-electron chi connectivity index (χ1n) is 6.67. The van der Waals surface area contributed by atoms with Crippen molar-refractivity contribution in [1.29, 1.82) is 5.26 Å². The fraction of sp³-hybridized carbons (Fsp3) is 0.846. The van der Waals surface area contributed by atoms with E-state index in [1.165, 1.54) is 0 Å². The van der Waals surface area contributed by atoms with Gasteiger partial charge in [-0.2, -0.15) is 5.26 Å². The highest BCUT2D eigenvalue weighted by Crippen LogP contribution is 2.15. The van der Waals surface area contributed by atoms with Gasteiger partial charge in [0.05, 0.1) is 25.3 Å². The van der Waals surface area contributed by atoms with Crippen LogP contribution in [0.15, 0.2) is 0 Å². The first kappa shape index (κ1) is 15.9. The topological polar surface area (TPSA) is 91.4 Å². The number of rotatable bonds is 5. The Balaban J connectivity index is 2.49. The van der Waals surface area contributed by atoms with Crippen molar-refractivity contribution in [1.82, 2.24) is 10.2 Å². The van der Waals surface area contributed by atoms with Crippen molar-refractivity contribution >= 4 is 5.91 Å². The van der Waals surface area contributed by atoms with E-state index in [-0.39, 0.29) is 24.5 Å². The summed E-state index contributed by atoms with van der Waals surface area (Å²) in [4.78, 5) is 14.0. The van der Waals surface area contributed by atoms with Crippen molar-refractivity contribution in [3.8, 4) is 6.07 Å². The van der Waals surface area contributed by atoms with E-state index in [1.54, 1.807) is 6.92 Å². The molecule has 2 unspecified atom stereocenters. The second kappa shape index (κ2) is 6.85. The lowest BCUT2D eigenvalue weighted by molar-refractivity contribution is -0.125. The molecule has 0 radical (unpaired) electrons. The Morgan fingerprint density at radius 1 is 1.68 bits per heavy atom. The minimum absolute atomic E-state index is 0.00556. The zero-order valence-corrected chi connectivity index (χ0v) is 12.0. The van der Waals surface area contributed by atoms with Gasteiger partial charge in [0.2, 0.25) is 5.91 Å². The summed E-state index contributed by atoms with van der Waals surface area (Å²) in [6.45, 7) is 8.30. The van der Waals surface area contributed by atoms with Gasteiger partial charge in [0.1, 0.15) is 5.54 Å². The number of nitrogens with one attached hydrogen (secondary N) is 1. The van der Waals surface area contributed by atoms with Gasteiger partial charge in [-0.3, -0.25) is 9.69 Å². The number of hydrogen-bond acceptors (Lipinski definition) is 5. The van der Waals surface area contributed by atoms with E-state index in [0.29, 0.717) is 19.7 Å². The molecule has 108 valence electrons. The number of nitriles is 1. The standard InChI is InChI=1S/C13H24N4O2/c1-10(2)13(3,9-15)16-12(18)8-17-4-5-19-11(6-14)7-17/h10-11H,4-8,14H2,1-3H3,(H,16,18). The highest BCUT2D eigenvalue weighted by molar-refractivity contribution is 5.79. The fourth-order valence-electron chi connectivity index (χ4n) is 1.90. The number of nitrogens with zero attached hydrogens (tertiary/aromatic N) is 2. The van der Waals surface area contributed by atoms with Gasteiger partial charge in [0.15, 0.2) is 0 Å². The van der Waals surface area contributed by atoms with E-state index >= 15 is 0 Å². The van der Waals surface area contributed by atoms with Crippen LogP contribution in [0.3, 0.4) is 0 Å². The van der Waals surface area contributed by atoms with Crippen LogP contribution in [0.4, 0.5) is 0 Å². The smallest absolute Gasteiger partial charge is 0.235 e. The number of carbonyl (C=O) groups is 1. The van der Waals surface area contributed by atoms with E-state index in [0.717, 1.165) is 6.54 Å². The van der Waals surface area contributed by atoms with E-state index in [1.807, 2.05) is 18.7 Å². The molecule has 1 saturated heterocycles. The van der Waals surface area contributed by atoms with Crippen molar-refractivity contribution in [2.75, 3.05) is 32.8 Å². The number of hydrogen-bond donors (Lipinski definition) is 2. The zero-order valence-electron chi connectivity index (χ0n) is 12.0. The lowest BCUT2D eigenvalue weighted by Gasteiger charge is -2.33. The largest absolute Gasteiger partial charge is 0.374 e. The Kier molecular flexibility index (Phi) is 5.73. The molecule has 0 aliphatic carbocycles. The van der Waals surface area contributed by atoms with E-state index < -0.39 is 5.54 Å². The van der Waals surface area contributed by atoms with Gasteiger partial charge in [-0.15, -0.1) is 0 Å². The highest BCUT2D eigenvalue weighted by Gasteiger charge is 2.31. The van der Waals surface area contributed by atoms with Crippen molar-refractivity contribution in [3.63, 3.8) is 0 Å². The lowest BCUT2D eigenvalue weighted by atomic mass is 9.90. The summed E-state index contributed by atoms with van der Waals surface area (Å²) in [5.74, 6) is -0.0710. The van der Waals surface area contributed by atoms with Gasteiger partial charge in [-0.25, -0.2) is 0 Å². The Bertz CT molecular complexity index is 353. The third kappa shape index (κ3) is 4.46. The Labute approximate surface area is 114 Å². The SMILES string of the molecule is CC(C)C(C)(C#N)NC(=O)CN1CCOC(CN)C1. The van der Waals surface area contributed by atoms with Gasteiger partial charge >= 0.3 is 0 Å². The van der Waals surface area contributed by atoms with Crippen LogP contribution in [0.5, 0.6) is 0 Å². The quantitative estimate of drug-likeness (QED) is 0.714. The molecule has 1 rings (SSSR count). The molecule has 1 aliphatic rings. The zero-order chi connectivity index (χ0) is 14.5. The molecule has 0 spiro atoms. The summed E-state index contributed by atoms with van der Waals surface area (Å²) in [7, 11) is 0. The number of amides is 1. The molecule has 3 N–H and O–H groups in total. The van der Waals surface area contributed by atoms with Crippen LogP contribution < -0.4 is 11.1 Å². The van der Waals surface area contributed by atoms with Crippen LogP contribution in [-0.2, 0) is 9.53 Å². The van der Waals surface area contributed by atoms with Crippen molar-refractivity contribution in [2.45, 2.75) is 32.4 Å². The number of carbonyl (C=O) groups excluding carboxylic acids is 1. The van der Waals surface area contributed by atoms with Crippen LogP contribution in [0.2, 0.25) is 0 Å². The average Bonchev–Trinajstić information content (AvgIpc) is 2.38. The second-order valence-corrected chi connectivity index (χ2v) is 5.48. The maximum atomic E-state index is 12.0. The number of nitrogens with two attached hydrogens (primary N) is 1. The molecule has 1 fully saturated rings. The molecular formula is C13H24N4O2. The maximum absolute atomic E-state index is 12.0. The predicted octanol–water partition coefficient (Wildman–Crippen LogP) is -0.300. The molecule has 1 amide bonds. The molecule has 0 aromatic heterocycles. The molecule has 19 heavy (non-hydrogen) atoms. The summed E-state index contributed by atoms with van der Waals surface area (Å²) in [5.41, 5.74) is 4.74. The minimum Gasteiger partial charge on any atom is -0.374 e. The van der Waals surface area contributed by atoms with Crippen LogP contribution in [0.1, 0.15) is 20.8 Å². The monoisotopic (exact) mass is 268 g/mol. The van der Waals surface area contributed by atoms with Crippen LogP contribution in [0, 0.1) is 17.2 Å². The molecule has 6 heteroatoms. The molecule has 0 aromatic rings. The normalized spacial score (nSPS) is 23.7. The predicted molar refractivity (Wildman–Crippen MR) is 72.2 cm³/mol. The molecule has 0 aromatic carbocycles. The van der Waals surface area contributed by atoms with E-state index in [9.17, 15) is 10.1 Å². The molecule has 1 aliphatic heterocycles. The molecule has 1 heterocycles. The molecule has 0 saturated carbocycles. The number of ether oxygens (including phenoxy) is 1. The average molecular weight is 268 g/mol. The maximum Gasteiger partial charge on any atom is 0.235 e. The van der Waals surface area contributed by atoms with Gasteiger partial charge < -0.3 is 15.8 Å². The molecule has 6 nitrogen and oxygen atoms in total. The van der Waals surface area contributed by atoms with Crippen molar-refractivity contribution in [3.05, 3.63) is 0 Å². The van der Waals surface area contributed by atoms with Crippen LogP contribution in [0.25, 0.3) is 0 Å². The van der Waals surface area contributed by atoms with Gasteiger partial charge in [-0.05, 0) is 12.8 Å². The third-order valence-corrected chi connectivity index (χ3v) is 3.64. The molecule has 2 atom stereocenters. The van der Waals surface area contributed by atoms with Crippen molar-refractivity contribution < 1.29 is 9.53 Å². The lowest BCUT2D eigenvalue weighted by Crippen LogP contribution is -2.54. The summed E-state index contributed by atoms with van der Waals surface area (Å²) >= 11 is 0. The van der Waals surface area contributed by atoms with Crippen LogP contribution >= 0.6 is 0 Å². The van der Waals surface area contributed by atoms with Gasteiger partial charge in [-0.1, -0.05) is 13.8 Å². The second-order valence-electron chi connectivity index (χ2n) is 5.48. The van der Waals surface area contributed by atoms with Crippen molar-refractivity contribution in [2.24, 2.45) is 11.7 Å². The van der Waals surface area contributed by atoms with Gasteiger partial charge in [0, 0.05) is 19.6 Å². The minimum atomic E-state index is -0.823. The Hall–Kier alpha value is -1.16. The molecule has 0 bridgehead atoms. The third-order valence-electron chi connectivity index (χ3n) is 3.64.